The molecule has 3 amide bonds. The standard InChI is InChI=1S/C23H22N4O5S/c1-12(28)26-19(21(30)31)11-33-23(15-5-3-4-6-18(15)27-22(23)32)16-10-25-17-8-7-13(9-14(16)17)20(29)24-2/h3-10,19,25H,11H2,1-2H3,(H,24,29)(H,26,28)(H,27,32)(H,30,31)/t19-,23?/m0/s1. The maximum Gasteiger partial charge on any atom is 0.327 e. The fourth-order valence-corrected chi connectivity index (χ4v) is 5.53. The number of benzene rings is 2. The quantitative estimate of drug-likeness (QED) is 0.361. The van der Waals surface area contributed by atoms with E-state index in [0.29, 0.717) is 27.8 Å². The Morgan fingerprint density at radius 3 is 2.61 bits per heavy atom. The summed E-state index contributed by atoms with van der Waals surface area (Å²) in [6, 6.07) is 11.2. The molecule has 10 heteroatoms. The van der Waals surface area contributed by atoms with Crippen LogP contribution in [0.25, 0.3) is 10.9 Å². The van der Waals surface area contributed by atoms with E-state index in [2.05, 4.69) is 20.9 Å². The molecule has 0 fully saturated rings. The summed E-state index contributed by atoms with van der Waals surface area (Å²) in [5.74, 6) is -2.32. The second-order valence-corrected chi connectivity index (χ2v) is 8.86. The molecule has 1 aliphatic rings. The van der Waals surface area contributed by atoms with Crippen molar-refractivity contribution in [1.82, 2.24) is 15.6 Å². The number of hydrogen-bond acceptors (Lipinski definition) is 5. The van der Waals surface area contributed by atoms with Gasteiger partial charge in [0.15, 0.2) is 0 Å². The largest absolute Gasteiger partial charge is 0.480 e. The predicted molar refractivity (Wildman–Crippen MR) is 125 cm³/mol. The van der Waals surface area contributed by atoms with Gasteiger partial charge in [0.2, 0.25) is 11.8 Å². The van der Waals surface area contributed by atoms with Gasteiger partial charge in [0.05, 0.1) is 0 Å². The van der Waals surface area contributed by atoms with Crippen molar-refractivity contribution in [3.05, 3.63) is 65.4 Å². The fraction of sp³-hybridized carbons (Fsp3) is 0.217. The maximum atomic E-state index is 13.5. The van der Waals surface area contributed by atoms with Crippen molar-refractivity contribution in [2.24, 2.45) is 0 Å². The smallest absolute Gasteiger partial charge is 0.327 e. The van der Waals surface area contributed by atoms with Crippen molar-refractivity contribution in [2.75, 3.05) is 18.1 Å². The van der Waals surface area contributed by atoms with Gasteiger partial charge in [-0.05, 0) is 24.3 Å². The van der Waals surface area contributed by atoms with Crippen molar-refractivity contribution in [3.63, 3.8) is 0 Å². The molecule has 0 bridgehead atoms. The Bertz CT molecular complexity index is 1290. The molecule has 0 saturated heterocycles. The van der Waals surface area contributed by atoms with Crippen LogP contribution in [-0.4, -0.2) is 52.6 Å². The van der Waals surface area contributed by atoms with E-state index in [1.807, 2.05) is 12.1 Å². The number of aromatic amines is 1. The summed E-state index contributed by atoms with van der Waals surface area (Å²) in [5.41, 5.74) is 3.06. The molecule has 2 heterocycles. The zero-order valence-electron chi connectivity index (χ0n) is 17.9. The Morgan fingerprint density at radius 1 is 1.15 bits per heavy atom. The highest BCUT2D eigenvalue weighted by molar-refractivity contribution is 8.01. The number of carbonyl (C=O) groups excluding carboxylic acids is 3. The number of hydrogen-bond donors (Lipinski definition) is 5. The number of thioether (sulfide) groups is 1. The van der Waals surface area contributed by atoms with Crippen LogP contribution < -0.4 is 16.0 Å². The number of carboxylic acid groups (broad SMARTS) is 1. The molecule has 170 valence electrons. The highest BCUT2D eigenvalue weighted by Gasteiger charge is 2.50. The molecule has 0 aliphatic carbocycles. The number of carbonyl (C=O) groups is 4. The van der Waals surface area contributed by atoms with Gasteiger partial charge in [-0.15, -0.1) is 11.8 Å². The molecule has 1 aliphatic heterocycles. The molecule has 2 aromatic carbocycles. The SMILES string of the molecule is CNC(=O)c1ccc2[nH]cc(C3(SC[C@H](NC(C)=O)C(=O)O)C(=O)Nc4ccccc43)c2c1. The lowest BCUT2D eigenvalue weighted by molar-refractivity contribution is -0.140. The van der Waals surface area contributed by atoms with E-state index in [9.17, 15) is 24.3 Å². The van der Waals surface area contributed by atoms with E-state index in [-0.39, 0.29) is 17.6 Å². The van der Waals surface area contributed by atoms with E-state index in [1.165, 1.54) is 14.0 Å². The highest BCUT2D eigenvalue weighted by atomic mass is 32.2. The van der Waals surface area contributed by atoms with Crippen LogP contribution in [0.2, 0.25) is 0 Å². The number of nitrogens with one attached hydrogen (secondary N) is 4. The Hall–Kier alpha value is -3.79. The first-order valence-electron chi connectivity index (χ1n) is 10.2. The van der Waals surface area contributed by atoms with Crippen LogP contribution in [0, 0.1) is 0 Å². The molecule has 2 atom stereocenters. The normalized spacial score (nSPS) is 17.8. The number of fused-ring (bicyclic) bond motifs is 2. The van der Waals surface area contributed by atoms with Crippen molar-refractivity contribution in [2.45, 2.75) is 17.7 Å². The van der Waals surface area contributed by atoms with Gasteiger partial charge in [0, 0.05) is 59.2 Å². The monoisotopic (exact) mass is 466 g/mol. The first kappa shape index (κ1) is 22.4. The summed E-state index contributed by atoms with van der Waals surface area (Å²) in [6.45, 7) is 1.24. The Balaban J connectivity index is 1.88. The fourth-order valence-electron chi connectivity index (χ4n) is 4.05. The first-order valence-corrected chi connectivity index (χ1v) is 11.1. The third-order valence-corrected chi connectivity index (χ3v) is 7.12. The number of rotatable bonds is 7. The van der Waals surface area contributed by atoms with E-state index in [0.717, 1.165) is 17.3 Å². The molecular weight excluding hydrogens is 444 g/mol. The molecule has 3 aromatic rings. The van der Waals surface area contributed by atoms with Crippen molar-refractivity contribution in [1.29, 1.82) is 0 Å². The van der Waals surface area contributed by atoms with Gasteiger partial charge in [0.25, 0.3) is 5.91 Å². The Kier molecular flexibility index (Phi) is 5.86. The summed E-state index contributed by atoms with van der Waals surface area (Å²) < 4.78 is -1.29. The van der Waals surface area contributed by atoms with Crippen LogP contribution >= 0.6 is 11.8 Å². The second kappa shape index (κ2) is 8.62. The van der Waals surface area contributed by atoms with Gasteiger partial charge in [0.1, 0.15) is 10.8 Å². The molecule has 0 saturated carbocycles. The van der Waals surface area contributed by atoms with E-state index < -0.39 is 22.7 Å². The Labute approximate surface area is 193 Å². The van der Waals surface area contributed by atoms with Crippen LogP contribution in [-0.2, 0) is 19.1 Å². The second-order valence-electron chi connectivity index (χ2n) is 7.63. The van der Waals surface area contributed by atoms with Gasteiger partial charge in [-0.25, -0.2) is 4.79 Å². The zero-order valence-corrected chi connectivity index (χ0v) is 18.7. The van der Waals surface area contributed by atoms with E-state index >= 15 is 0 Å². The van der Waals surface area contributed by atoms with Gasteiger partial charge >= 0.3 is 5.97 Å². The first-order chi connectivity index (χ1) is 15.8. The summed E-state index contributed by atoms with van der Waals surface area (Å²) in [6.07, 6.45) is 1.71. The zero-order chi connectivity index (χ0) is 23.8. The van der Waals surface area contributed by atoms with E-state index in [1.54, 1.807) is 36.5 Å². The van der Waals surface area contributed by atoms with Crippen LogP contribution in [0.3, 0.4) is 0 Å². The highest BCUT2D eigenvalue weighted by Crippen LogP contribution is 2.52. The summed E-state index contributed by atoms with van der Waals surface area (Å²) in [7, 11) is 1.54. The third-order valence-electron chi connectivity index (χ3n) is 5.57. The molecule has 1 aromatic heterocycles. The van der Waals surface area contributed by atoms with Crippen molar-refractivity contribution >= 4 is 52.0 Å². The molecule has 4 rings (SSSR count). The molecule has 0 spiro atoms. The lowest BCUT2D eigenvalue weighted by Crippen LogP contribution is -2.43. The lowest BCUT2D eigenvalue weighted by Gasteiger charge is -2.28. The molecular formula is C23H22N4O5S. The molecule has 0 radical (unpaired) electrons. The minimum absolute atomic E-state index is 0.0571. The average Bonchev–Trinajstić information content (AvgIpc) is 3.34. The van der Waals surface area contributed by atoms with Gasteiger partial charge in [-0.1, -0.05) is 18.2 Å². The molecule has 5 N–H and O–H groups in total. The van der Waals surface area contributed by atoms with Gasteiger partial charge in [-0.2, -0.15) is 0 Å². The maximum absolute atomic E-state index is 13.5. The number of aromatic nitrogens is 1. The minimum Gasteiger partial charge on any atom is -0.480 e. The summed E-state index contributed by atoms with van der Waals surface area (Å²) in [4.78, 5) is 52.2. The predicted octanol–water partition coefficient (Wildman–Crippen LogP) is 2.05. The lowest BCUT2D eigenvalue weighted by atomic mass is 9.90. The average molecular weight is 467 g/mol. The van der Waals surface area contributed by atoms with Crippen LogP contribution in [0.5, 0.6) is 0 Å². The van der Waals surface area contributed by atoms with E-state index in [4.69, 9.17) is 0 Å². The number of aliphatic carboxylic acids is 1. The molecule has 9 nitrogen and oxygen atoms in total. The van der Waals surface area contributed by atoms with Crippen LogP contribution in [0.4, 0.5) is 5.69 Å². The molecule has 1 unspecified atom stereocenters. The topological polar surface area (TPSA) is 140 Å². The summed E-state index contributed by atoms with van der Waals surface area (Å²) in [5, 5.41) is 18.2. The van der Waals surface area contributed by atoms with Crippen molar-refractivity contribution in [3.8, 4) is 0 Å². The van der Waals surface area contributed by atoms with Crippen LogP contribution in [0.1, 0.15) is 28.4 Å². The number of carboxylic acids is 1. The number of para-hydroxylation sites is 1. The minimum atomic E-state index is -1.29. The third kappa shape index (κ3) is 3.82. The van der Waals surface area contributed by atoms with Gasteiger partial charge < -0.3 is 26.0 Å². The molecule has 33 heavy (non-hydrogen) atoms. The van der Waals surface area contributed by atoms with Crippen molar-refractivity contribution < 1.29 is 24.3 Å². The van der Waals surface area contributed by atoms with Crippen LogP contribution in [0.15, 0.2) is 48.7 Å². The Morgan fingerprint density at radius 2 is 1.91 bits per heavy atom. The number of anilines is 1. The van der Waals surface area contributed by atoms with Gasteiger partial charge in [-0.3, -0.25) is 14.4 Å². The number of H-pyrrole nitrogens is 1. The number of amides is 3. The summed E-state index contributed by atoms with van der Waals surface area (Å²) >= 11 is 1.13.